The SMILES string of the molecule is COc1ccccc1CC(=O)NCc1cccc(OC)c1OC. The third-order valence-corrected chi connectivity index (χ3v) is 3.50. The lowest BCUT2D eigenvalue weighted by molar-refractivity contribution is -0.120. The van der Waals surface area contributed by atoms with E-state index in [0.29, 0.717) is 23.8 Å². The molecule has 0 aliphatic rings. The Hall–Kier alpha value is -2.69. The number of amides is 1. The number of rotatable bonds is 7. The third kappa shape index (κ3) is 4.16. The number of hydrogen-bond acceptors (Lipinski definition) is 4. The lowest BCUT2D eigenvalue weighted by Crippen LogP contribution is -2.25. The molecule has 0 saturated carbocycles. The zero-order valence-electron chi connectivity index (χ0n) is 13.6. The summed E-state index contributed by atoms with van der Waals surface area (Å²) in [5.41, 5.74) is 1.71. The van der Waals surface area contributed by atoms with Crippen molar-refractivity contribution in [1.82, 2.24) is 5.32 Å². The minimum atomic E-state index is -0.0839. The van der Waals surface area contributed by atoms with Gasteiger partial charge >= 0.3 is 0 Å². The maximum atomic E-state index is 12.2. The summed E-state index contributed by atoms with van der Waals surface area (Å²) in [6, 6.07) is 13.1. The van der Waals surface area contributed by atoms with E-state index in [1.54, 1.807) is 21.3 Å². The number of para-hydroxylation sites is 2. The van der Waals surface area contributed by atoms with E-state index in [1.165, 1.54) is 0 Å². The number of nitrogens with one attached hydrogen (secondary N) is 1. The van der Waals surface area contributed by atoms with Gasteiger partial charge in [0.2, 0.25) is 5.91 Å². The second-order valence-corrected chi connectivity index (χ2v) is 4.92. The number of ether oxygens (including phenoxy) is 3. The molecule has 23 heavy (non-hydrogen) atoms. The van der Waals surface area contributed by atoms with Crippen molar-refractivity contribution < 1.29 is 19.0 Å². The fraction of sp³-hybridized carbons (Fsp3) is 0.278. The first-order valence-corrected chi connectivity index (χ1v) is 7.28. The molecule has 0 fully saturated rings. The van der Waals surface area contributed by atoms with Crippen LogP contribution in [0.2, 0.25) is 0 Å². The molecule has 0 heterocycles. The molecule has 2 aromatic carbocycles. The molecule has 5 heteroatoms. The molecule has 0 aromatic heterocycles. The Bertz CT molecular complexity index is 670. The Kier molecular flexibility index (Phi) is 5.86. The van der Waals surface area contributed by atoms with Crippen LogP contribution in [-0.2, 0) is 17.8 Å². The van der Waals surface area contributed by atoms with Gasteiger partial charge in [-0.1, -0.05) is 30.3 Å². The molecule has 0 atom stereocenters. The lowest BCUT2D eigenvalue weighted by atomic mass is 10.1. The van der Waals surface area contributed by atoms with Gasteiger partial charge in [0.05, 0.1) is 27.8 Å². The molecule has 0 aliphatic heterocycles. The molecule has 122 valence electrons. The van der Waals surface area contributed by atoms with Crippen LogP contribution in [0.25, 0.3) is 0 Å². The summed E-state index contributed by atoms with van der Waals surface area (Å²) in [7, 11) is 4.76. The van der Waals surface area contributed by atoms with Crippen molar-refractivity contribution in [3.8, 4) is 17.2 Å². The summed E-state index contributed by atoms with van der Waals surface area (Å²) < 4.78 is 15.9. The molecule has 2 rings (SSSR count). The van der Waals surface area contributed by atoms with Crippen LogP contribution < -0.4 is 19.5 Å². The minimum Gasteiger partial charge on any atom is -0.496 e. The summed E-state index contributed by atoms with van der Waals surface area (Å²) in [6.07, 6.45) is 0.260. The average Bonchev–Trinajstić information content (AvgIpc) is 2.59. The van der Waals surface area contributed by atoms with Gasteiger partial charge in [-0.2, -0.15) is 0 Å². The van der Waals surface area contributed by atoms with E-state index >= 15 is 0 Å². The van der Waals surface area contributed by atoms with Crippen LogP contribution >= 0.6 is 0 Å². The molecule has 5 nitrogen and oxygen atoms in total. The van der Waals surface area contributed by atoms with Gasteiger partial charge in [0.15, 0.2) is 11.5 Å². The monoisotopic (exact) mass is 315 g/mol. The summed E-state index contributed by atoms with van der Waals surface area (Å²) in [5.74, 6) is 1.90. The Balaban J connectivity index is 2.02. The normalized spacial score (nSPS) is 10.0. The van der Waals surface area contributed by atoms with E-state index in [0.717, 1.165) is 11.1 Å². The standard InChI is InChI=1S/C18H21NO4/c1-21-15-9-5-4-7-13(15)11-17(20)19-12-14-8-6-10-16(22-2)18(14)23-3/h4-10H,11-12H2,1-3H3,(H,19,20). The Morgan fingerprint density at radius 2 is 1.52 bits per heavy atom. The van der Waals surface area contributed by atoms with Gasteiger partial charge in [0, 0.05) is 17.7 Å². The Morgan fingerprint density at radius 1 is 0.870 bits per heavy atom. The zero-order chi connectivity index (χ0) is 16.7. The topological polar surface area (TPSA) is 56.8 Å². The van der Waals surface area contributed by atoms with Crippen molar-refractivity contribution in [2.75, 3.05) is 21.3 Å². The zero-order valence-corrected chi connectivity index (χ0v) is 13.6. The second-order valence-electron chi connectivity index (χ2n) is 4.92. The first-order valence-electron chi connectivity index (χ1n) is 7.28. The van der Waals surface area contributed by atoms with Crippen molar-refractivity contribution in [2.24, 2.45) is 0 Å². The number of hydrogen-bond donors (Lipinski definition) is 1. The van der Waals surface area contributed by atoms with Crippen molar-refractivity contribution in [2.45, 2.75) is 13.0 Å². The molecule has 0 bridgehead atoms. The highest BCUT2D eigenvalue weighted by molar-refractivity contribution is 5.79. The van der Waals surface area contributed by atoms with Crippen LogP contribution in [0.15, 0.2) is 42.5 Å². The lowest BCUT2D eigenvalue weighted by Gasteiger charge is -2.13. The molecule has 0 unspecified atom stereocenters. The van der Waals surface area contributed by atoms with E-state index in [9.17, 15) is 4.79 Å². The molecule has 0 aliphatic carbocycles. The highest BCUT2D eigenvalue weighted by Gasteiger charge is 2.12. The van der Waals surface area contributed by atoms with Crippen LogP contribution in [0.1, 0.15) is 11.1 Å². The smallest absolute Gasteiger partial charge is 0.224 e. The van der Waals surface area contributed by atoms with E-state index in [-0.39, 0.29) is 12.3 Å². The first kappa shape index (κ1) is 16.7. The fourth-order valence-corrected chi connectivity index (χ4v) is 2.37. The van der Waals surface area contributed by atoms with E-state index in [2.05, 4.69) is 5.32 Å². The maximum absolute atomic E-state index is 12.2. The van der Waals surface area contributed by atoms with Crippen LogP contribution in [0, 0.1) is 0 Å². The summed E-state index contributed by atoms with van der Waals surface area (Å²) in [5, 5.41) is 2.89. The summed E-state index contributed by atoms with van der Waals surface area (Å²) in [4.78, 5) is 12.2. The van der Waals surface area contributed by atoms with E-state index in [1.807, 2.05) is 42.5 Å². The Morgan fingerprint density at radius 3 is 2.22 bits per heavy atom. The largest absolute Gasteiger partial charge is 0.496 e. The van der Waals surface area contributed by atoms with E-state index < -0.39 is 0 Å². The third-order valence-electron chi connectivity index (χ3n) is 3.50. The molecular formula is C18H21NO4. The number of benzene rings is 2. The van der Waals surface area contributed by atoms with Crippen molar-refractivity contribution >= 4 is 5.91 Å². The molecule has 2 aromatic rings. The predicted octanol–water partition coefficient (Wildman–Crippen LogP) is 2.57. The number of carbonyl (C=O) groups is 1. The molecule has 1 N–H and O–H groups in total. The molecule has 0 spiro atoms. The first-order chi connectivity index (χ1) is 11.2. The highest BCUT2D eigenvalue weighted by Crippen LogP contribution is 2.30. The van der Waals surface area contributed by atoms with Crippen molar-refractivity contribution in [3.05, 3.63) is 53.6 Å². The molecular weight excluding hydrogens is 294 g/mol. The van der Waals surface area contributed by atoms with Gasteiger partial charge in [-0.05, 0) is 12.1 Å². The quantitative estimate of drug-likeness (QED) is 0.853. The van der Waals surface area contributed by atoms with Gasteiger partial charge in [-0.15, -0.1) is 0 Å². The molecule has 0 saturated heterocycles. The highest BCUT2D eigenvalue weighted by atomic mass is 16.5. The van der Waals surface area contributed by atoms with Crippen LogP contribution in [0.3, 0.4) is 0 Å². The summed E-state index contributed by atoms with van der Waals surface area (Å²) in [6.45, 7) is 0.369. The van der Waals surface area contributed by atoms with Gasteiger partial charge in [0.1, 0.15) is 5.75 Å². The predicted molar refractivity (Wildman–Crippen MR) is 88.1 cm³/mol. The van der Waals surface area contributed by atoms with Crippen LogP contribution in [0.5, 0.6) is 17.2 Å². The second kappa shape index (κ2) is 8.08. The van der Waals surface area contributed by atoms with Gasteiger partial charge in [-0.25, -0.2) is 0 Å². The van der Waals surface area contributed by atoms with Crippen LogP contribution in [0.4, 0.5) is 0 Å². The number of carbonyl (C=O) groups excluding carboxylic acids is 1. The molecule has 1 amide bonds. The van der Waals surface area contributed by atoms with Gasteiger partial charge in [-0.3, -0.25) is 4.79 Å². The summed E-state index contributed by atoms with van der Waals surface area (Å²) >= 11 is 0. The van der Waals surface area contributed by atoms with E-state index in [4.69, 9.17) is 14.2 Å². The minimum absolute atomic E-state index is 0.0839. The fourth-order valence-electron chi connectivity index (χ4n) is 2.37. The molecule has 0 radical (unpaired) electrons. The average molecular weight is 315 g/mol. The van der Waals surface area contributed by atoms with Crippen molar-refractivity contribution in [3.63, 3.8) is 0 Å². The van der Waals surface area contributed by atoms with Crippen molar-refractivity contribution in [1.29, 1.82) is 0 Å². The van der Waals surface area contributed by atoms with Crippen LogP contribution in [-0.4, -0.2) is 27.2 Å². The van der Waals surface area contributed by atoms with Gasteiger partial charge in [0.25, 0.3) is 0 Å². The maximum Gasteiger partial charge on any atom is 0.224 e. The number of methoxy groups -OCH3 is 3. The van der Waals surface area contributed by atoms with Gasteiger partial charge < -0.3 is 19.5 Å². The Labute approximate surface area is 136 Å².